The molecular weight excluding hydrogens is 250 g/mol. The van der Waals surface area contributed by atoms with E-state index in [9.17, 15) is 4.79 Å². The number of carboxylic acids is 1. The molecule has 3 nitrogen and oxygen atoms in total. The van der Waals surface area contributed by atoms with Crippen molar-refractivity contribution < 1.29 is 9.90 Å². The summed E-state index contributed by atoms with van der Waals surface area (Å²) in [6.07, 6.45) is 5.42. The van der Waals surface area contributed by atoms with Gasteiger partial charge in [-0.2, -0.15) is 0 Å². The fourth-order valence-electron chi connectivity index (χ4n) is 1.77. The highest BCUT2D eigenvalue weighted by Crippen LogP contribution is 2.25. The molecule has 0 radical (unpaired) electrons. The molecule has 0 spiro atoms. The number of carboxylic acid groups (broad SMARTS) is 1. The van der Waals surface area contributed by atoms with Gasteiger partial charge in [-0.3, -0.25) is 0 Å². The van der Waals surface area contributed by atoms with Gasteiger partial charge in [-0.15, -0.1) is 0 Å². The summed E-state index contributed by atoms with van der Waals surface area (Å²) in [5.41, 5.74) is 8.26. The highest BCUT2D eigenvalue weighted by molar-refractivity contribution is 6.30. The van der Waals surface area contributed by atoms with Gasteiger partial charge in [0.1, 0.15) is 0 Å². The largest absolute Gasteiger partial charge is 0.478 e. The molecule has 2 rings (SSSR count). The molecule has 0 aromatic heterocycles. The first kappa shape index (κ1) is 12.5. The van der Waals surface area contributed by atoms with E-state index < -0.39 is 5.97 Å². The lowest BCUT2D eigenvalue weighted by atomic mass is 9.94. The van der Waals surface area contributed by atoms with E-state index in [1.165, 1.54) is 6.08 Å². The molecule has 18 heavy (non-hydrogen) atoms. The molecule has 92 valence electrons. The SMILES string of the molecule is NC1=CC=C(C(=O)O)C(=Cc2ccc(Cl)cc2)C1. The summed E-state index contributed by atoms with van der Waals surface area (Å²) in [5.74, 6) is -0.945. The van der Waals surface area contributed by atoms with E-state index in [4.69, 9.17) is 22.4 Å². The lowest BCUT2D eigenvalue weighted by Crippen LogP contribution is -2.10. The first-order valence-corrected chi connectivity index (χ1v) is 5.80. The zero-order valence-electron chi connectivity index (χ0n) is 9.56. The maximum absolute atomic E-state index is 11.1. The quantitative estimate of drug-likeness (QED) is 0.860. The standard InChI is InChI=1S/C14H12ClNO2/c15-11-3-1-9(2-4-11)7-10-8-12(16)5-6-13(10)14(17)18/h1-7H,8,16H2,(H,17,18). The van der Waals surface area contributed by atoms with Crippen molar-refractivity contribution in [3.63, 3.8) is 0 Å². The monoisotopic (exact) mass is 261 g/mol. The topological polar surface area (TPSA) is 63.3 Å². The maximum atomic E-state index is 11.1. The Balaban J connectivity index is 2.37. The number of allylic oxidation sites excluding steroid dienone is 3. The van der Waals surface area contributed by atoms with Crippen LogP contribution in [0.1, 0.15) is 12.0 Å². The van der Waals surface area contributed by atoms with Crippen molar-refractivity contribution in [1.29, 1.82) is 0 Å². The summed E-state index contributed by atoms with van der Waals surface area (Å²) in [7, 11) is 0. The van der Waals surface area contributed by atoms with Crippen LogP contribution < -0.4 is 5.73 Å². The molecule has 0 amide bonds. The van der Waals surface area contributed by atoms with Crippen molar-refractivity contribution in [1.82, 2.24) is 0 Å². The summed E-state index contributed by atoms with van der Waals surface area (Å²) < 4.78 is 0. The summed E-state index contributed by atoms with van der Waals surface area (Å²) in [5, 5.41) is 9.76. The normalized spacial score (nSPS) is 17.3. The van der Waals surface area contributed by atoms with Crippen molar-refractivity contribution >= 4 is 23.6 Å². The second-order valence-corrected chi connectivity index (χ2v) is 4.46. The van der Waals surface area contributed by atoms with Crippen LogP contribution in [-0.2, 0) is 4.79 Å². The number of benzene rings is 1. The molecule has 3 N–H and O–H groups in total. The maximum Gasteiger partial charge on any atom is 0.335 e. The number of aliphatic carboxylic acids is 1. The van der Waals surface area contributed by atoms with Crippen LogP contribution >= 0.6 is 11.6 Å². The van der Waals surface area contributed by atoms with Crippen molar-refractivity contribution in [3.05, 3.63) is 63.8 Å². The predicted octanol–water partition coefficient (Wildman–Crippen LogP) is 2.98. The van der Waals surface area contributed by atoms with Gasteiger partial charge < -0.3 is 10.8 Å². The van der Waals surface area contributed by atoms with E-state index in [1.807, 2.05) is 18.2 Å². The molecule has 0 fully saturated rings. The molecule has 0 atom stereocenters. The van der Waals surface area contributed by atoms with Crippen LogP contribution in [0.5, 0.6) is 0 Å². The number of rotatable bonds is 2. The lowest BCUT2D eigenvalue weighted by Gasteiger charge is -2.13. The summed E-state index contributed by atoms with van der Waals surface area (Å²) in [4.78, 5) is 11.1. The summed E-state index contributed by atoms with van der Waals surface area (Å²) in [6.45, 7) is 0. The Bertz CT molecular complexity index is 568. The van der Waals surface area contributed by atoms with Gasteiger partial charge in [0.2, 0.25) is 0 Å². The highest BCUT2D eigenvalue weighted by Gasteiger charge is 2.16. The van der Waals surface area contributed by atoms with Crippen molar-refractivity contribution in [2.24, 2.45) is 5.73 Å². The molecule has 0 bridgehead atoms. The molecular formula is C14H12ClNO2. The third-order valence-corrected chi connectivity index (χ3v) is 2.90. The van der Waals surface area contributed by atoms with Crippen LogP contribution in [0, 0.1) is 0 Å². The predicted molar refractivity (Wildman–Crippen MR) is 72.0 cm³/mol. The number of carbonyl (C=O) groups is 1. The molecule has 1 aromatic carbocycles. The fraction of sp³-hybridized carbons (Fsp3) is 0.0714. The summed E-state index contributed by atoms with van der Waals surface area (Å²) >= 11 is 5.80. The fourth-order valence-corrected chi connectivity index (χ4v) is 1.90. The first-order chi connectivity index (χ1) is 8.56. The second-order valence-electron chi connectivity index (χ2n) is 4.02. The highest BCUT2D eigenvalue weighted by atomic mass is 35.5. The van der Waals surface area contributed by atoms with E-state index in [1.54, 1.807) is 18.2 Å². The number of halogens is 1. The Morgan fingerprint density at radius 2 is 1.94 bits per heavy atom. The smallest absolute Gasteiger partial charge is 0.335 e. The first-order valence-electron chi connectivity index (χ1n) is 5.42. The van der Waals surface area contributed by atoms with E-state index in [0.29, 0.717) is 22.7 Å². The molecule has 0 heterocycles. The van der Waals surface area contributed by atoms with Gasteiger partial charge in [0.25, 0.3) is 0 Å². The van der Waals surface area contributed by atoms with Crippen LogP contribution in [0.25, 0.3) is 6.08 Å². The minimum Gasteiger partial charge on any atom is -0.478 e. The molecule has 0 saturated carbocycles. The van der Waals surface area contributed by atoms with Crippen LogP contribution in [0.2, 0.25) is 5.02 Å². The van der Waals surface area contributed by atoms with Crippen molar-refractivity contribution in [2.75, 3.05) is 0 Å². The molecule has 1 aromatic rings. The Kier molecular flexibility index (Phi) is 3.53. The van der Waals surface area contributed by atoms with E-state index >= 15 is 0 Å². The van der Waals surface area contributed by atoms with Crippen LogP contribution in [-0.4, -0.2) is 11.1 Å². The van der Waals surface area contributed by atoms with Crippen molar-refractivity contribution in [2.45, 2.75) is 6.42 Å². The minimum absolute atomic E-state index is 0.277. The van der Waals surface area contributed by atoms with Gasteiger partial charge >= 0.3 is 5.97 Å². The second kappa shape index (κ2) is 5.10. The molecule has 4 heteroatoms. The molecule has 0 aliphatic heterocycles. The van der Waals surface area contributed by atoms with Crippen LogP contribution in [0.3, 0.4) is 0 Å². The van der Waals surface area contributed by atoms with E-state index in [-0.39, 0.29) is 5.57 Å². The van der Waals surface area contributed by atoms with Crippen molar-refractivity contribution in [3.8, 4) is 0 Å². The summed E-state index contributed by atoms with van der Waals surface area (Å²) in [6, 6.07) is 7.20. The lowest BCUT2D eigenvalue weighted by molar-refractivity contribution is -0.132. The van der Waals surface area contributed by atoms with E-state index in [0.717, 1.165) is 5.56 Å². The number of hydrogen-bond donors (Lipinski definition) is 2. The average Bonchev–Trinajstić information content (AvgIpc) is 2.32. The Morgan fingerprint density at radius 3 is 2.56 bits per heavy atom. The third-order valence-electron chi connectivity index (χ3n) is 2.65. The van der Waals surface area contributed by atoms with Gasteiger partial charge in [-0.25, -0.2) is 4.79 Å². The third kappa shape index (κ3) is 2.81. The Hall–Kier alpha value is -2.00. The molecule has 1 aliphatic carbocycles. The molecule has 0 unspecified atom stereocenters. The van der Waals surface area contributed by atoms with Crippen LogP contribution in [0.4, 0.5) is 0 Å². The van der Waals surface area contributed by atoms with Crippen LogP contribution in [0.15, 0.2) is 53.3 Å². The van der Waals surface area contributed by atoms with Gasteiger partial charge in [0, 0.05) is 17.1 Å². The van der Waals surface area contributed by atoms with Gasteiger partial charge in [-0.05, 0) is 35.4 Å². The number of nitrogens with two attached hydrogens (primary N) is 1. The minimum atomic E-state index is -0.945. The average molecular weight is 262 g/mol. The Labute approximate surface area is 110 Å². The molecule has 1 aliphatic rings. The Morgan fingerprint density at radius 1 is 1.28 bits per heavy atom. The van der Waals surface area contributed by atoms with Gasteiger partial charge in [0.15, 0.2) is 0 Å². The van der Waals surface area contributed by atoms with Gasteiger partial charge in [-0.1, -0.05) is 29.8 Å². The number of hydrogen-bond acceptors (Lipinski definition) is 2. The zero-order chi connectivity index (χ0) is 13.1. The van der Waals surface area contributed by atoms with Gasteiger partial charge in [0.05, 0.1) is 5.57 Å². The van der Waals surface area contributed by atoms with E-state index in [2.05, 4.69) is 0 Å². The molecule has 0 saturated heterocycles. The zero-order valence-corrected chi connectivity index (χ0v) is 10.3.